The Balaban J connectivity index is 0.000000345. The predicted octanol–water partition coefficient (Wildman–Crippen LogP) is 4.43. The number of aromatic nitrogens is 2. The van der Waals surface area contributed by atoms with E-state index in [1.165, 1.54) is 5.57 Å². The first-order valence-corrected chi connectivity index (χ1v) is 8.99. The Morgan fingerprint density at radius 3 is 2.39 bits per heavy atom. The maximum absolute atomic E-state index is 10.6. The molecule has 6 nitrogen and oxygen atoms in total. The summed E-state index contributed by atoms with van der Waals surface area (Å²) in [7, 11) is 0. The summed E-state index contributed by atoms with van der Waals surface area (Å²) < 4.78 is 38.2. The Labute approximate surface area is 167 Å². The Kier molecular flexibility index (Phi) is 7.94. The average molecular weight is 460 g/mol. The fraction of sp³-hybridized carbons (Fsp3) is 0.278. The smallest absolute Gasteiger partial charge is 0.475 e. The number of alkyl halides is 3. The van der Waals surface area contributed by atoms with E-state index in [1.54, 1.807) is 12.4 Å². The van der Waals surface area contributed by atoms with Gasteiger partial charge in [-0.2, -0.15) is 13.2 Å². The van der Waals surface area contributed by atoms with Crippen LogP contribution in [0.4, 0.5) is 13.2 Å². The van der Waals surface area contributed by atoms with Gasteiger partial charge in [0.15, 0.2) is 0 Å². The summed E-state index contributed by atoms with van der Waals surface area (Å²) in [4.78, 5) is 17.1. The van der Waals surface area contributed by atoms with Crippen LogP contribution in [0.1, 0.15) is 18.4 Å². The standard InChI is InChI=1S/C16H16BrN3O.C2HF3O2/c17-14-10-19-16(20-11-14)21-15-3-1-2-13(9-15)8-12-4-6-18-7-5-12;3-2(4,5)1(6)7/h1-3,8-11,18H,4-7H2;(H,6,7). The minimum absolute atomic E-state index is 0.352. The third-order valence-electron chi connectivity index (χ3n) is 3.52. The number of nitrogens with one attached hydrogen (secondary N) is 1. The van der Waals surface area contributed by atoms with Crippen LogP contribution in [-0.4, -0.2) is 40.3 Å². The van der Waals surface area contributed by atoms with E-state index in [1.807, 2.05) is 18.2 Å². The highest BCUT2D eigenvalue weighted by Crippen LogP contribution is 2.22. The number of carbonyl (C=O) groups is 1. The molecule has 2 aromatic rings. The lowest BCUT2D eigenvalue weighted by Gasteiger charge is -2.15. The number of rotatable bonds is 3. The number of halogens is 4. The maximum atomic E-state index is 10.6. The monoisotopic (exact) mass is 459 g/mol. The van der Waals surface area contributed by atoms with Gasteiger partial charge < -0.3 is 15.2 Å². The lowest BCUT2D eigenvalue weighted by Crippen LogP contribution is -2.22. The van der Waals surface area contributed by atoms with E-state index >= 15 is 0 Å². The van der Waals surface area contributed by atoms with Crippen molar-refractivity contribution in [1.82, 2.24) is 15.3 Å². The van der Waals surface area contributed by atoms with Gasteiger partial charge in [-0.25, -0.2) is 14.8 Å². The third kappa shape index (κ3) is 7.65. The van der Waals surface area contributed by atoms with Gasteiger partial charge in [0.05, 0.1) is 4.47 Å². The molecule has 0 unspecified atom stereocenters. The van der Waals surface area contributed by atoms with Crippen LogP contribution in [0.2, 0.25) is 0 Å². The number of hydrogen-bond acceptors (Lipinski definition) is 5. The van der Waals surface area contributed by atoms with Crippen molar-refractivity contribution in [2.45, 2.75) is 19.0 Å². The molecule has 0 radical (unpaired) electrons. The van der Waals surface area contributed by atoms with Crippen molar-refractivity contribution in [1.29, 1.82) is 0 Å². The molecule has 28 heavy (non-hydrogen) atoms. The van der Waals surface area contributed by atoms with Crippen LogP contribution in [0, 0.1) is 0 Å². The maximum Gasteiger partial charge on any atom is 0.490 e. The Hall–Kier alpha value is -2.46. The molecule has 2 heterocycles. The summed E-state index contributed by atoms with van der Waals surface area (Å²) in [6.45, 7) is 2.13. The zero-order valence-corrected chi connectivity index (χ0v) is 16.1. The van der Waals surface area contributed by atoms with Crippen molar-refractivity contribution in [3.63, 3.8) is 0 Å². The quantitative estimate of drug-likeness (QED) is 0.705. The van der Waals surface area contributed by atoms with Crippen LogP contribution in [-0.2, 0) is 4.79 Å². The molecule has 1 saturated heterocycles. The first-order valence-electron chi connectivity index (χ1n) is 8.20. The molecule has 0 spiro atoms. The largest absolute Gasteiger partial charge is 0.490 e. The number of nitrogens with zero attached hydrogens (tertiary/aromatic N) is 2. The number of carboxylic acid groups (broad SMARTS) is 1. The van der Waals surface area contributed by atoms with Crippen LogP contribution in [0.5, 0.6) is 11.8 Å². The highest BCUT2D eigenvalue weighted by atomic mass is 79.9. The number of piperidine rings is 1. The second kappa shape index (κ2) is 10.2. The zero-order chi connectivity index (χ0) is 20.6. The van der Waals surface area contributed by atoms with Crippen LogP contribution < -0.4 is 10.1 Å². The number of carboxylic acids is 1. The fourth-order valence-corrected chi connectivity index (χ4v) is 2.46. The third-order valence-corrected chi connectivity index (χ3v) is 3.93. The molecule has 1 aromatic heterocycles. The summed E-state index contributed by atoms with van der Waals surface area (Å²) in [5.41, 5.74) is 2.63. The molecule has 10 heteroatoms. The average Bonchev–Trinajstić information content (AvgIpc) is 2.65. The molecular formula is C18H17BrF3N3O3. The van der Waals surface area contributed by atoms with E-state index < -0.39 is 12.1 Å². The van der Waals surface area contributed by atoms with Crippen molar-refractivity contribution >= 4 is 28.0 Å². The molecule has 1 aliphatic heterocycles. The second-order valence-electron chi connectivity index (χ2n) is 5.71. The number of aliphatic carboxylic acids is 1. The Bertz CT molecular complexity index is 819. The molecule has 1 aromatic carbocycles. The van der Waals surface area contributed by atoms with Crippen molar-refractivity contribution in [2.24, 2.45) is 0 Å². The van der Waals surface area contributed by atoms with Crippen LogP contribution in [0.15, 0.2) is 46.7 Å². The molecule has 0 atom stereocenters. The van der Waals surface area contributed by atoms with E-state index in [4.69, 9.17) is 14.6 Å². The van der Waals surface area contributed by atoms with Gasteiger partial charge in [-0.3, -0.25) is 0 Å². The summed E-state index contributed by atoms with van der Waals surface area (Å²) in [5, 5.41) is 10.5. The zero-order valence-electron chi connectivity index (χ0n) is 14.5. The van der Waals surface area contributed by atoms with Gasteiger partial charge in [0.25, 0.3) is 0 Å². The van der Waals surface area contributed by atoms with Gasteiger partial charge in [0.2, 0.25) is 0 Å². The fourth-order valence-electron chi connectivity index (χ4n) is 2.25. The van der Waals surface area contributed by atoms with Gasteiger partial charge in [-0.1, -0.05) is 23.8 Å². The van der Waals surface area contributed by atoms with Crippen molar-refractivity contribution in [3.8, 4) is 11.8 Å². The Morgan fingerprint density at radius 2 is 1.82 bits per heavy atom. The minimum atomic E-state index is -5.08. The molecule has 0 bridgehead atoms. The van der Waals surface area contributed by atoms with Crippen molar-refractivity contribution < 1.29 is 27.8 Å². The summed E-state index contributed by atoms with van der Waals surface area (Å²) in [6, 6.07) is 8.35. The SMILES string of the molecule is Brc1cnc(Oc2cccc(C=C3CCNCC3)c2)nc1.O=C(O)C(F)(F)F. The van der Waals surface area contributed by atoms with Gasteiger partial charge >= 0.3 is 18.2 Å². The highest BCUT2D eigenvalue weighted by Gasteiger charge is 2.38. The second-order valence-corrected chi connectivity index (χ2v) is 6.63. The molecule has 0 saturated carbocycles. The normalized spacial score (nSPS) is 13.9. The van der Waals surface area contributed by atoms with E-state index in [-0.39, 0.29) is 0 Å². The van der Waals surface area contributed by atoms with Gasteiger partial charge in [0, 0.05) is 12.4 Å². The van der Waals surface area contributed by atoms with E-state index in [9.17, 15) is 13.2 Å². The summed E-state index contributed by atoms with van der Waals surface area (Å²) >= 11 is 3.30. The van der Waals surface area contributed by atoms with Gasteiger partial charge in [-0.15, -0.1) is 0 Å². The molecule has 0 aliphatic carbocycles. The van der Waals surface area contributed by atoms with Crippen molar-refractivity contribution in [2.75, 3.05) is 13.1 Å². The summed E-state index contributed by atoms with van der Waals surface area (Å²) in [6.07, 6.45) is 2.73. The molecule has 150 valence electrons. The first-order chi connectivity index (χ1) is 13.2. The lowest BCUT2D eigenvalue weighted by atomic mass is 10.0. The predicted molar refractivity (Wildman–Crippen MR) is 100 cm³/mol. The molecule has 2 N–H and O–H groups in total. The molecule has 1 fully saturated rings. The van der Waals surface area contributed by atoms with Crippen LogP contribution in [0.25, 0.3) is 6.08 Å². The van der Waals surface area contributed by atoms with E-state index in [0.29, 0.717) is 6.01 Å². The molecule has 1 aliphatic rings. The molecule has 0 amide bonds. The highest BCUT2D eigenvalue weighted by molar-refractivity contribution is 9.10. The van der Waals surface area contributed by atoms with Crippen molar-refractivity contribution in [3.05, 3.63) is 52.3 Å². The topological polar surface area (TPSA) is 84.3 Å². The van der Waals surface area contributed by atoms with Gasteiger partial charge in [-0.05, 0) is 59.6 Å². The Morgan fingerprint density at radius 1 is 1.21 bits per heavy atom. The first kappa shape index (κ1) is 21.8. The number of ether oxygens (including phenoxy) is 1. The van der Waals surface area contributed by atoms with Gasteiger partial charge in [0.1, 0.15) is 5.75 Å². The molecular weight excluding hydrogens is 443 g/mol. The molecule has 3 rings (SSSR count). The van der Waals surface area contributed by atoms with E-state index in [2.05, 4.69) is 43.4 Å². The van der Waals surface area contributed by atoms with E-state index in [0.717, 1.165) is 41.7 Å². The summed E-state index contributed by atoms with van der Waals surface area (Å²) in [5.74, 6) is -2.01. The van der Waals surface area contributed by atoms with Crippen LogP contribution >= 0.6 is 15.9 Å². The van der Waals surface area contributed by atoms with Crippen LogP contribution in [0.3, 0.4) is 0 Å². The minimum Gasteiger partial charge on any atom is -0.475 e. The number of benzene rings is 1. The lowest BCUT2D eigenvalue weighted by molar-refractivity contribution is -0.192. The number of hydrogen-bond donors (Lipinski definition) is 2.